The Bertz CT molecular complexity index is 565. The summed E-state index contributed by atoms with van der Waals surface area (Å²) in [6.45, 7) is 2.09. The first-order chi connectivity index (χ1) is 9.81. The summed E-state index contributed by atoms with van der Waals surface area (Å²) in [6.07, 6.45) is 2.71. The molecular weight excluding hydrogens is 268 g/mol. The number of benzene rings is 1. The Morgan fingerprint density at radius 2 is 2.15 bits per heavy atom. The first-order valence-electron chi connectivity index (χ1n) is 6.86. The van der Waals surface area contributed by atoms with Crippen molar-refractivity contribution in [1.82, 2.24) is 5.32 Å². The Morgan fingerprint density at radius 1 is 1.30 bits per heavy atom. The summed E-state index contributed by atoms with van der Waals surface area (Å²) in [5, 5.41) is 4.44. The van der Waals surface area contributed by atoms with Gasteiger partial charge in [0, 0.05) is 5.75 Å². The summed E-state index contributed by atoms with van der Waals surface area (Å²) in [5.74, 6) is 1.99. The fraction of sp³-hybridized carbons (Fsp3) is 0.312. The van der Waals surface area contributed by atoms with Crippen LogP contribution in [0.15, 0.2) is 58.1 Å². The predicted molar refractivity (Wildman–Crippen MR) is 84.1 cm³/mol. The molecule has 0 aliphatic carbocycles. The summed E-state index contributed by atoms with van der Waals surface area (Å²) in [6, 6.07) is 15.0. The van der Waals surface area contributed by atoms with Gasteiger partial charge in [0.2, 0.25) is 0 Å². The predicted octanol–water partition coefficient (Wildman–Crippen LogP) is 3.64. The molecule has 0 saturated heterocycles. The van der Waals surface area contributed by atoms with Crippen LogP contribution < -0.4 is 5.32 Å². The number of hydrogen-bond acceptors (Lipinski definition) is 4. The second kappa shape index (κ2) is 6.18. The van der Waals surface area contributed by atoms with Crippen molar-refractivity contribution in [3.63, 3.8) is 0 Å². The normalized spacial score (nSPS) is 19.6. The van der Waals surface area contributed by atoms with Gasteiger partial charge < -0.3 is 9.73 Å². The van der Waals surface area contributed by atoms with Crippen molar-refractivity contribution in [2.45, 2.75) is 25.4 Å². The van der Waals surface area contributed by atoms with Gasteiger partial charge in [-0.3, -0.25) is 4.99 Å². The Kier molecular flexibility index (Phi) is 4.11. The summed E-state index contributed by atoms with van der Waals surface area (Å²) in [5.41, 5.74) is 1.35. The standard InChI is InChI=1S/C16H18N2OS/c1-12(15-8-5-9-19-15)17-16-18-14(11-20-16)10-13-6-3-2-4-7-13/h2-9,12,14H,10-11H2,1H3,(H,17,18). The summed E-state index contributed by atoms with van der Waals surface area (Å²) < 4.78 is 5.40. The third-order valence-electron chi connectivity index (χ3n) is 3.34. The summed E-state index contributed by atoms with van der Waals surface area (Å²) in [7, 11) is 0. The van der Waals surface area contributed by atoms with E-state index in [-0.39, 0.29) is 6.04 Å². The molecule has 0 saturated carbocycles. The number of nitrogens with one attached hydrogen (secondary N) is 1. The minimum atomic E-state index is 0.159. The molecule has 1 aliphatic heterocycles. The molecule has 104 valence electrons. The SMILES string of the molecule is CC(NC1=NC(Cc2ccccc2)CS1)c1ccco1. The zero-order valence-electron chi connectivity index (χ0n) is 11.5. The maximum atomic E-state index is 5.40. The van der Waals surface area contributed by atoms with Gasteiger partial charge in [-0.2, -0.15) is 0 Å². The van der Waals surface area contributed by atoms with Crippen molar-refractivity contribution < 1.29 is 4.42 Å². The van der Waals surface area contributed by atoms with Crippen molar-refractivity contribution in [3.8, 4) is 0 Å². The van der Waals surface area contributed by atoms with Gasteiger partial charge in [-0.25, -0.2) is 0 Å². The lowest BCUT2D eigenvalue weighted by atomic mass is 10.1. The van der Waals surface area contributed by atoms with Gasteiger partial charge in [0.1, 0.15) is 5.76 Å². The van der Waals surface area contributed by atoms with E-state index >= 15 is 0 Å². The van der Waals surface area contributed by atoms with Crippen LogP contribution >= 0.6 is 11.8 Å². The first kappa shape index (κ1) is 13.3. The fourth-order valence-electron chi connectivity index (χ4n) is 2.28. The van der Waals surface area contributed by atoms with Gasteiger partial charge >= 0.3 is 0 Å². The Labute approximate surface area is 123 Å². The zero-order chi connectivity index (χ0) is 13.8. The molecule has 2 atom stereocenters. The molecule has 0 fully saturated rings. The molecule has 20 heavy (non-hydrogen) atoms. The minimum absolute atomic E-state index is 0.159. The van der Waals surface area contributed by atoms with Gasteiger partial charge in [-0.15, -0.1) is 0 Å². The highest BCUT2D eigenvalue weighted by molar-refractivity contribution is 8.14. The average molecular weight is 286 g/mol. The summed E-state index contributed by atoms with van der Waals surface area (Å²) >= 11 is 1.79. The van der Waals surface area contributed by atoms with E-state index in [0.717, 1.165) is 23.1 Å². The molecule has 2 unspecified atom stereocenters. The number of furan rings is 1. The van der Waals surface area contributed by atoms with Crippen LogP contribution in [0.3, 0.4) is 0 Å². The van der Waals surface area contributed by atoms with Crippen molar-refractivity contribution in [3.05, 3.63) is 60.1 Å². The van der Waals surface area contributed by atoms with Crippen LogP contribution in [0.25, 0.3) is 0 Å². The minimum Gasteiger partial charge on any atom is -0.467 e. The Morgan fingerprint density at radius 3 is 2.90 bits per heavy atom. The van der Waals surface area contributed by atoms with Crippen molar-refractivity contribution >= 4 is 16.9 Å². The van der Waals surface area contributed by atoms with E-state index in [1.165, 1.54) is 5.56 Å². The summed E-state index contributed by atoms with van der Waals surface area (Å²) in [4.78, 5) is 4.76. The largest absolute Gasteiger partial charge is 0.467 e. The molecule has 0 amide bonds. The van der Waals surface area contributed by atoms with Gasteiger partial charge in [0.25, 0.3) is 0 Å². The maximum Gasteiger partial charge on any atom is 0.157 e. The van der Waals surface area contributed by atoms with Gasteiger partial charge in [-0.05, 0) is 31.0 Å². The first-order valence-corrected chi connectivity index (χ1v) is 7.84. The van der Waals surface area contributed by atoms with E-state index in [1.807, 2.05) is 18.2 Å². The van der Waals surface area contributed by atoms with Gasteiger partial charge in [0.05, 0.1) is 18.3 Å². The van der Waals surface area contributed by atoms with E-state index < -0.39 is 0 Å². The van der Waals surface area contributed by atoms with E-state index in [1.54, 1.807) is 18.0 Å². The Balaban J connectivity index is 1.58. The van der Waals surface area contributed by atoms with E-state index in [9.17, 15) is 0 Å². The van der Waals surface area contributed by atoms with Crippen LogP contribution in [0.5, 0.6) is 0 Å². The molecule has 3 rings (SSSR count). The molecule has 1 aliphatic rings. The molecule has 0 spiro atoms. The second-order valence-corrected chi connectivity index (χ2v) is 5.98. The molecule has 0 radical (unpaired) electrons. The van der Waals surface area contributed by atoms with E-state index in [4.69, 9.17) is 9.41 Å². The molecule has 2 aromatic rings. The molecule has 1 aromatic heterocycles. The average Bonchev–Trinajstić information content (AvgIpc) is 3.11. The van der Waals surface area contributed by atoms with Crippen molar-refractivity contribution in [1.29, 1.82) is 0 Å². The number of thioether (sulfide) groups is 1. The van der Waals surface area contributed by atoms with E-state index in [2.05, 4.69) is 36.5 Å². The molecule has 3 nitrogen and oxygen atoms in total. The van der Waals surface area contributed by atoms with Crippen LogP contribution in [-0.2, 0) is 6.42 Å². The van der Waals surface area contributed by atoms with Crippen molar-refractivity contribution in [2.24, 2.45) is 4.99 Å². The molecule has 2 heterocycles. The van der Waals surface area contributed by atoms with Crippen LogP contribution in [0.2, 0.25) is 0 Å². The molecule has 4 heteroatoms. The number of amidine groups is 1. The number of rotatable bonds is 4. The zero-order valence-corrected chi connectivity index (χ0v) is 12.3. The number of aliphatic imine (C=N–C) groups is 1. The molecule has 0 bridgehead atoms. The second-order valence-electron chi connectivity index (χ2n) is 4.97. The van der Waals surface area contributed by atoms with Crippen LogP contribution in [0.1, 0.15) is 24.3 Å². The molecular formula is C16H18N2OS. The highest BCUT2D eigenvalue weighted by atomic mass is 32.2. The van der Waals surface area contributed by atoms with Gasteiger partial charge in [-0.1, -0.05) is 42.1 Å². The van der Waals surface area contributed by atoms with Crippen molar-refractivity contribution in [2.75, 3.05) is 5.75 Å². The smallest absolute Gasteiger partial charge is 0.157 e. The molecule has 1 N–H and O–H groups in total. The van der Waals surface area contributed by atoms with Gasteiger partial charge in [0.15, 0.2) is 5.17 Å². The molecule has 1 aromatic carbocycles. The third kappa shape index (κ3) is 3.25. The lowest BCUT2D eigenvalue weighted by Crippen LogP contribution is -2.22. The third-order valence-corrected chi connectivity index (χ3v) is 4.38. The monoisotopic (exact) mass is 286 g/mol. The highest BCUT2D eigenvalue weighted by Crippen LogP contribution is 2.22. The fourth-order valence-corrected chi connectivity index (χ4v) is 3.31. The maximum absolute atomic E-state index is 5.40. The van der Waals surface area contributed by atoms with E-state index in [0.29, 0.717) is 6.04 Å². The quantitative estimate of drug-likeness (QED) is 0.932. The lowest BCUT2D eigenvalue weighted by Gasteiger charge is -2.11. The van der Waals surface area contributed by atoms with Crippen LogP contribution in [-0.4, -0.2) is 17.0 Å². The van der Waals surface area contributed by atoms with Crippen LogP contribution in [0, 0.1) is 0 Å². The Hall–Kier alpha value is -1.68. The highest BCUT2D eigenvalue weighted by Gasteiger charge is 2.20. The van der Waals surface area contributed by atoms with Crippen LogP contribution in [0.4, 0.5) is 0 Å². The number of hydrogen-bond donors (Lipinski definition) is 1. The topological polar surface area (TPSA) is 37.5 Å². The number of nitrogens with zero attached hydrogens (tertiary/aromatic N) is 1. The lowest BCUT2D eigenvalue weighted by molar-refractivity contribution is 0.464.